The summed E-state index contributed by atoms with van der Waals surface area (Å²) in [4.78, 5) is 0. The van der Waals surface area contributed by atoms with Crippen molar-refractivity contribution in [2.24, 2.45) is 5.92 Å². The van der Waals surface area contributed by atoms with E-state index in [2.05, 4.69) is 63.6 Å². The fourth-order valence-corrected chi connectivity index (χ4v) is 3.32. The van der Waals surface area contributed by atoms with E-state index in [0.717, 1.165) is 24.6 Å². The topological polar surface area (TPSA) is 66.3 Å². The van der Waals surface area contributed by atoms with Crippen molar-refractivity contribution in [3.63, 3.8) is 0 Å². The van der Waals surface area contributed by atoms with Crippen LogP contribution in [-0.4, -0.2) is 27.7 Å². The van der Waals surface area contributed by atoms with E-state index in [1.54, 1.807) is 0 Å². The highest BCUT2D eigenvalue weighted by atomic mass is 15.4. The standard InChI is InChI=1S/C18H22N6/c1-13(18-23-21-16-9-5-6-10-24(16)18)19-11-15-12-20-22-17(15)14-7-3-2-4-8-14/h2-10,13,15,17,19-20,22H,11-12H2,1H3. The van der Waals surface area contributed by atoms with Crippen LogP contribution in [0, 0.1) is 5.92 Å². The van der Waals surface area contributed by atoms with Crippen molar-refractivity contribution in [2.45, 2.75) is 19.0 Å². The number of nitrogens with zero attached hydrogens (tertiary/aromatic N) is 3. The van der Waals surface area contributed by atoms with Gasteiger partial charge in [-0.15, -0.1) is 10.2 Å². The maximum atomic E-state index is 4.34. The molecule has 1 saturated heterocycles. The fraction of sp³-hybridized carbons (Fsp3) is 0.333. The first-order chi connectivity index (χ1) is 11.8. The van der Waals surface area contributed by atoms with Gasteiger partial charge in [-0.3, -0.25) is 9.83 Å². The number of nitrogens with one attached hydrogen (secondary N) is 3. The molecule has 3 unspecified atom stereocenters. The highest BCUT2D eigenvalue weighted by Gasteiger charge is 2.28. The summed E-state index contributed by atoms with van der Waals surface area (Å²) in [6, 6.07) is 17.0. The second-order valence-corrected chi connectivity index (χ2v) is 6.29. The number of hydrogen-bond acceptors (Lipinski definition) is 5. The fourth-order valence-electron chi connectivity index (χ4n) is 3.32. The van der Waals surface area contributed by atoms with Gasteiger partial charge in [0, 0.05) is 25.2 Å². The summed E-state index contributed by atoms with van der Waals surface area (Å²) in [6.45, 7) is 3.99. The Labute approximate surface area is 141 Å². The van der Waals surface area contributed by atoms with Crippen LogP contribution in [0.2, 0.25) is 0 Å². The normalized spacial score (nSPS) is 22.0. The second kappa shape index (κ2) is 6.68. The molecular weight excluding hydrogens is 300 g/mol. The zero-order valence-electron chi connectivity index (χ0n) is 13.7. The van der Waals surface area contributed by atoms with Gasteiger partial charge in [-0.1, -0.05) is 36.4 Å². The number of hydrogen-bond donors (Lipinski definition) is 3. The first-order valence-electron chi connectivity index (χ1n) is 8.39. The number of pyridine rings is 1. The summed E-state index contributed by atoms with van der Waals surface area (Å²) in [5.74, 6) is 1.43. The lowest BCUT2D eigenvalue weighted by atomic mass is 9.95. The lowest BCUT2D eigenvalue weighted by Crippen LogP contribution is -2.31. The van der Waals surface area contributed by atoms with Crippen LogP contribution in [0.1, 0.15) is 30.4 Å². The zero-order valence-corrected chi connectivity index (χ0v) is 13.7. The Kier molecular flexibility index (Phi) is 4.25. The van der Waals surface area contributed by atoms with Gasteiger partial charge in [0.2, 0.25) is 0 Å². The Morgan fingerprint density at radius 3 is 2.88 bits per heavy atom. The summed E-state index contributed by atoms with van der Waals surface area (Å²) in [6.07, 6.45) is 2.01. The molecule has 3 heterocycles. The van der Waals surface area contributed by atoms with Gasteiger partial charge in [0.05, 0.1) is 12.1 Å². The van der Waals surface area contributed by atoms with E-state index in [4.69, 9.17) is 0 Å². The van der Waals surface area contributed by atoms with Gasteiger partial charge in [0.15, 0.2) is 11.5 Å². The van der Waals surface area contributed by atoms with Gasteiger partial charge in [0.1, 0.15) is 0 Å². The van der Waals surface area contributed by atoms with Crippen LogP contribution in [0.25, 0.3) is 5.65 Å². The summed E-state index contributed by atoms with van der Waals surface area (Å²) in [5, 5.41) is 12.2. The van der Waals surface area contributed by atoms with Gasteiger partial charge in [-0.05, 0) is 24.6 Å². The van der Waals surface area contributed by atoms with Crippen molar-refractivity contribution < 1.29 is 0 Å². The van der Waals surface area contributed by atoms with Crippen molar-refractivity contribution in [3.8, 4) is 0 Å². The van der Waals surface area contributed by atoms with Crippen molar-refractivity contribution in [2.75, 3.05) is 13.1 Å². The Morgan fingerprint density at radius 1 is 1.17 bits per heavy atom. The first kappa shape index (κ1) is 15.3. The minimum absolute atomic E-state index is 0.138. The molecule has 1 aromatic carbocycles. The Hall–Kier alpha value is -2.28. The molecule has 3 atom stereocenters. The lowest BCUT2D eigenvalue weighted by molar-refractivity contribution is 0.411. The zero-order chi connectivity index (χ0) is 16.4. The average Bonchev–Trinajstić information content (AvgIpc) is 3.27. The molecule has 3 N–H and O–H groups in total. The van der Waals surface area contributed by atoms with Gasteiger partial charge in [0.25, 0.3) is 0 Å². The van der Waals surface area contributed by atoms with Gasteiger partial charge in [-0.25, -0.2) is 5.43 Å². The van der Waals surface area contributed by atoms with Crippen LogP contribution in [0.15, 0.2) is 54.7 Å². The minimum Gasteiger partial charge on any atom is -0.307 e. The van der Waals surface area contributed by atoms with Crippen molar-refractivity contribution in [1.29, 1.82) is 0 Å². The molecule has 6 nitrogen and oxygen atoms in total. The third-order valence-corrected chi connectivity index (χ3v) is 4.67. The molecule has 0 spiro atoms. The van der Waals surface area contributed by atoms with Crippen molar-refractivity contribution >= 4 is 5.65 Å². The molecule has 1 fully saturated rings. The summed E-state index contributed by atoms with van der Waals surface area (Å²) in [5.41, 5.74) is 8.87. The molecule has 0 bridgehead atoms. The third-order valence-electron chi connectivity index (χ3n) is 4.67. The summed E-state index contributed by atoms with van der Waals surface area (Å²) < 4.78 is 2.04. The quantitative estimate of drug-likeness (QED) is 0.669. The van der Waals surface area contributed by atoms with E-state index in [1.807, 2.05) is 28.8 Å². The van der Waals surface area contributed by atoms with Gasteiger partial charge >= 0.3 is 0 Å². The number of aromatic nitrogens is 3. The molecule has 24 heavy (non-hydrogen) atoms. The second-order valence-electron chi connectivity index (χ2n) is 6.29. The smallest absolute Gasteiger partial charge is 0.160 e. The molecule has 0 aliphatic carbocycles. The summed E-state index contributed by atoms with van der Waals surface area (Å²) in [7, 11) is 0. The molecule has 2 aromatic heterocycles. The molecule has 124 valence electrons. The Morgan fingerprint density at radius 2 is 2.00 bits per heavy atom. The number of hydrazine groups is 1. The SMILES string of the molecule is CC(NCC1CNNC1c1ccccc1)c1nnc2ccccn12. The van der Waals surface area contributed by atoms with Crippen LogP contribution in [-0.2, 0) is 0 Å². The van der Waals surface area contributed by atoms with Crippen LogP contribution < -0.4 is 16.2 Å². The predicted molar refractivity (Wildman–Crippen MR) is 93.2 cm³/mol. The van der Waals surface area contributed by atoms with E-state index in [0.29, 0.717) is 12.0 Å². The van der Waals surface area contributed by atoms with Crippen LogP contribution in [0.5, 0.6) is 0 Å². The molecule has 3 aromatic rings. The largest absolute Gasteiger partial charge is 0.307 e. The molecule has 0 radical (unpaired) electrons. The highest BCUT2D eigenvalue weighted by molar-refractivity contribution is 5.37. The maximum absolute atomic E-state index is 4.34. The maximum Gasteiger partial charge on any atom is 0.160 e. The highest BCUT2D eigenvalue weighted by Crippen LogP contribution is 2.24. The lowest BCUT2D eigenvalue weighted by Gasteiger charge is -2.21. The van der Waals surface area contributed by atoms with Gasteiger partial charge in [-0.2, -0.15) is 0 Å². The van der Waals surface area contributed by atoms with E-state index < -0.39 is 0 Å². The predicted octanol–water partition coefficient (Wildman–Crippen LogP) is 1.85. The van der Waals surface area contributed by atoms with E-state index in [-0.39, 0.29) is 6.04 Å². The van der Waals surface area contributed by atoms with Crippen LogP contribution in [0.4, 0.5) is 0 Å². The number of fused-ring (bicyclic) bond motifs is 1. The average molecular weight is 322 g/mol. The molecular formula is C18H22N6. The molecule has 0 saturated carbocycles. The number of rotatable bonds is 5. The van der Waals surface area contributed by atoms with Gasteiger partial charge < -0.3 is 5.32 Å². The first-order valence-corrected chi connectivity index (χ1v) is 8.39. The monoisotopic (exact) mass is 322 g/mol. The minimum atomic E-state index is 0.138. The van der Waals surface area contributed by atoms with E-state index >= 15 is 0 Å². The summed E-state index contributed by atoms with van der Waals surface area (Å²) >= 11 is 0. The van der Waals surface area contributed by atoms with Crippen molar-refractivity contribution in [1.82, 2.24) is 30.8 Å². The number of benzene rings is 1. The molecule has 0 amide bonds. The third kappa shape index (κ3) is 2.91. The molecule has 4 rings (SSSR count). The van der Waals surface area contributed by atoms with Crippen LogP contribution >= 0.6 is 0 Å². The molecule has 1 aliphatic heterocycles. The Bertz CT molecular complexity index is 799. The van der Waals surface area contributed by atoms with Crippen molar-refractivity contribution in [3.05, 3.63) is 66.1 Å². The van der Waals surface area contributed by atoms with Crippen LogP contribution in [0.3, 0.4) is 0 Å². The van der Waals surface area contributed by atoms with E-state index in [1.165, 1.54) is 5.56 Å². The Balaban J connectivity index is 1.44. The van der Waals surface area contributed by atoms with E-state index in [9.17, 15) is 0 Å². The molecule has 6 heteroatoms. The molecule has 1 aliphatic rings.